The van der Waals surface area contributed by atoms with Crippen molar-refractivity contribution in [1.29, 1.82) is 0 Å². The number of carboxylic acid groups (broad SMARTS) is 1. The quantitative estimate of drug-likeness (QED) is 0.632. The van der Waals surface area contributed by atoms with Crippen LogP contribution in [0.1, 0.15) is 28.4 Å². The summed E-state index contributed by atoms with van der Waals surface area (Å²) in [6.07, 6.45) is -1.89. The van der Waals surface area contributed by atoms with E-state index in [1.54, 1.807) is 13.1 Å². The largest absolute Gasteiger partial charge is 0.478 e. The van der Waals surface area contributed by atoms with E-state index in [1.165, 1.54) is 12.1 Å². The van der Waals surface area contributed by atoms with E-state index in [1.807, 2.05) is 0 Å². The topological polar surface area (TPSA) is 89.8 Å². The van der Waals surface area contributed by atoms with Gasteiger partial charge in [-0.3, -0.25) is 0 Å². The average Bonchev–Trinajstić information content (AvgIpc) is 2.34. The standard InChI is InChI=1S/C12H16BrNO4/c1-14-5-4-10(15)11(16)9-6-7(13)2-3-8(9)12(17)18/h2-3,6,10-11,14-16H,4-5H2,1H3,(H,17,18). The molecule has 2 atom stereocenters. The van der Waals surface area contributed by atoms with Gasteiger partial charge in [-0.15, -0.1) is 0 Å². The van der Waals surface area contributed by atoms with Gasteiger partial charge in [-0.2, -0.15) is 0 Å². The fourth-order valence-corrected chi connectivity index (χ4v) is 2.01. The minimum Gasteiger partial charge on any atom is -0.478 e. The highest BCUT2D eigenvalue weighted by Gasteiger charge is 2.23. The number of carboxylic acids is 1. The summed E-state index contributed by atoms with van der Waals surface area (Å²) in [4.78, 5) is 11.1. The average molecular weight is 318 g/mol. The molecule has 0 bridgehead atoms. The van der Waals surface area contributed by atoms with Crippen molar-refractivity contribution in [3.8, 4) is 0 Å². The van der Waals surface area contributed by atoms with Crippen LogP contribution < -0.4 is 5.32 Å². The van der Waals surface area contributed by atoms with Crippen molar-refractivity contribution in [2.75, 3.05) is 13.6 Å². The molecule has 0 heterocycles. The molecule has 0 amide bonds. The molecule has 1 rings (SSSR count). The van der Waals surface area contributed by atoms with Crippen LogP contribution in [0.15, 0.2) is 22.7 Å². The Bertz CT molecular complexity index is 425. The van der Waals surface area contributed by atoms with Crippen molar-refractivity contribution >= 4 is 21.9 Å². The first-order valence-electron chi connectivity index (χ1n) is 5.50. The Hall–Kier alpha value is -0.950. The number of aliphatic hydroxyl groups excluding tert-OH is 2. The molecule has 1 aromatic rings. The van der Waals surface area contributed by atoms with Gasteiger partial charge in [0.25, 0.3) is 0 Å². The number of hydrogen-bond acceptors (Lipinski definition) is 4. The summed E-state index contributed by atoms with van der Waals surface area (Å²) in [6.45, 7) is 0.536. The molecule has 6 heteroatoms. The Morgan fingerprint density at radius 1 is 1.44 bits per heavy atom. The predicted molar refractivity (Wildman–Crippen MR) is 70.6 cm³/mol. The monoisotopic (exact) mass is 317 g/mol. The molecule has 100 valence electrons. The minimum absolute atomic E-state index is 0.00536. The van der Waals surface area contributed by atoms with E-state index in [0.717, 1.165) is 0 Å². The molecule has 1 aromatic carbocycles. The molecule has 0 saturated carbocycles. The summed E-state index contributed by atoms with van der Waals surface area (Å²) in [5, 5.41) is 31.7. The zero-order valence-corrected chi connectivity index (χ0v) is 11.5. The number of aromatic carboxylic acids is 1. The van der Waals surface area contributed by atoms with E-state index >= 15 is 0 Å². The van der Waals surface area contributed by atoms with Crippen LogP contribution in [0.2, 0.25) is 0 Å². The van der Waals surface area contributed by atoms with Crippen LogP contribution in [0.3, 0.4) is 0 Å². The molecule has 0 aliphatic rings. The second kappa shape index (κ2) is 6.84. The molecule has 0 aliphatic carbocycles. The second-order valence-corrected chi connectivity index (χ2v) is 4.86. The Morgan fingerprint density at radius 3 is 2.67 bits per heavy atom. The smallest absolute Gasteiger partial charge is 0.336 e. The van der Waals surface area contributed by atoms with Gasteiger partial charge in [0.1, 0.15) is 6.10 Å². The molecule has 0 fully saturated rings. The number of nitrogens with one attached hydrogen (secondary N) is 1. The zero-order valence-electron chi connectivity index (χ0n) is 9.93. The maximum Gasteiger partial charge on any atom is 0.336 e. The Balaban J connectivity index is 2.99. The van der Waals surface area contributed by atoms with E-state index < -0.39 is 18.2 Å². The third-order valence-corrected chi connectivity index (χ3v) is 3.11. The molecule has 0 radical (unpaired) electrons. The highest BCUT2D eigenvalue weighted by atomic mass is 79.9. The molecule has 5 nitrogen and oxygen atoms in total. The van der Waals surface area contributed by atoms with Crippen molar-refractivity contribution in [2.24, 2.45) is 0 Å². The summed E-state index contributed by atoms with van der Waals surface area (Å²) in [5.41, 5.74) is 0.203. The number of halogens is 1. The van der Waals surface area contributed by atoms with E-state index in [-0.39, 0.29) is 11.1 Å². The third kappa shape index (κ3) is 3.78. The van der Waals surface area contributed by atoms with Gasteiger partial charge in [0.2, 0.25) is 0 Å². The van der Waals surface area contributed by atoms with Gasteiger partial charge in [-0.25, -0.2) is 4.79 Å². The number of carbonyl (C=O) groups is 1. The van der Waals surface area contributed by atoms with Gasteiger partial charge in [0.05, 0.1) is 11.7 Å². The van der Waals surface area contributed by atoms with Gasteiger partial charge in [-0.1, -0.05) is 15.9 Å². The Labute approximate surface area is 114 Å². The normalized spacial score (nSPS) is 14.2. The zero-order chi connectivity index (χ0) is 13.7. The summed E-state index contributed by atoms with van der Waals surface area (Å²) in [7, 11) is 1.74. The highest BCUT2D eigenvalue weighted by molar-refractivity contribution is 9.10. The summed E-state index contributed by atoms with van der Waals surface area (Å²) in [5.74, 6) is -1.13. The van der Waals surface area contributed by atoms with Crippen molar-refractivity contribution in [1.82, 2.24) is 5.32 Å². The third-order valence-electron chi connectivity index (χ3n) is 2.62. The van der Waals surface area contributed by atoms with E-state index in [0.29, 0.717) is 17.4 Å². The van der Waals surface area contributed by atoms with Crippen LogP contribution in [0.25, 0.3) is 0 Å². The summed E-state index contributed by atoms with van der Waals surface area (Å²) in [6, 6.07) is 4.49. The van der Waals surface area contributed by atoms with Crippen LogP contribution in [0, 0.1) is 0 Å². The van der Waals surface area contributed by atoms with Crippen LogP contribution in [-0.2, 0) is 0 Å². The molecule has 0 aliphatic heterocycles. The fraction of sp³-hybridized carbons (Fsp3) is 0.417. The molecular weight excluding hydrogens is 302 g/mol. The second-order valence-electron chi connectivity index (χ2n) is 3.94. The maximum absolute atomic E-state index is 11.1. The lowest BCUT2D eigenvalue weighted by atomic mass is 9.97. The number of hydrogen-bond donors (Lipinski definition) is 4. The Kier molecular flexibility index (Phi) is 5.74. The van der Waals surface area contributed by atoms with Crippen molar-refractivity contribution in [3.05, 3.63) is 33.8 Å². The van der Waals surface area contributed by atoms with E-state index in [4.69, 9.17) is 5.11 Å². The number of benzene rings is 1. The molecular formula is C12H16BrNO4. The maximum atomic E-state index is 11.1. The lowest BCUT2D eigenvalue weighted by molar-refractivity contribution is 0.0131. The van der Waals surface area contributed by atoms with Crippen LogP contribution in [-0.4, -0.2) is 41.0 Å². The first kappa shape index (κ1) is 15.1. The van der Waals surface area contributed by atoms with Gasteiger partial charge < -0.3 is 20.6 Å². The molecule has 2 unspecified atom stereocenters. The SMILES string of the molecule is CNCCC(O)C(O)c1cc(Br)ccc1C(=O)O. The minimum atomic E-state index is -1.22. The predicted octanol–water partition coefficient (Wildman–Crippen LogP) is 1.15. The summed E-state index contributed by atoms with van der Waals surface area (Å²) < 4.78 is 0.655. The Morgan fingerprint density at radius 2 is 2.11 bits per heavy atom. The molecule has 0 spiro atoms. The van der Waals surface area contributed by atoms with Gasteiger partial charge in [-0.05, 0) is 43.8 Å². The van der Waals surface area contributed by atoms with Gasteiger partial charge >= 0.3 is 5.97 Å². The number of rotatable bonds is 6. The lowest BCUT2D eigenvalue weighted by Crippen LogP contribution is -2.24. The van der Waals surface area contributed by atoms with Crippen LogP contribution in [0.5, 0.6) is 0 Å². The highest BCUT2D eigenvalue weighted by Crippen LogP contribution is 2.26. The van der Waals surface area contributed by atoms with Gasteiger partial charge in [0, 0.05) is 4.47 Å². The summed E-state index contributed by atoms with van der Waals surface area (Å²) >= 11 is 3.22. The van der Waals surface area contributed by atoms with Gasteiger partial charge in [0.15, 0.2) is 0 Å². The van der Waals surface area contributed by atoms with Crippen LogP contribution in [0.4, 0.5) is 0 Å². The van der Waals surface area contributed by atoms with E-state index in [9.17, 15) is 15.0 Å². The fourth-order valence-electron chi connectivity index (χ4n) is 1.63. The van der Waals surface area contributed by atoms with Crippen molar-refractivity contribution in [2.45, 2.75) is 18.6 Å². The molecule has 0 saturated heterocycles. The van der Waals surface area contributed by atoms with Crippen LogP contribution >= 0.6 is 15.9 Å². The number of aliphatic hydroxyl groups is 2. The molecule has 0 aromatic heterocycles. The van der Waals surface area contributed by atoms with Crippen molar-refractivity contribution < 1.29 is 20.1 Å². The van der Waals surface area contributed by atoms with Crippen molar-refractivity contribution in [3.63, 3.8) is 0 Å². The van der Waals surface area contributed by atoms with E-state index in [2.05, 4.69) is 21.2 Å². The first-order valence-corrected chi connectivity index (χ1v) is 6.30. The lowest BCUT2D eigenvalue weighted by Gasteiger charge is -2.20. The first-order chi connectivity index (χ1) is 8.47. The molecule has 4 N–H and O–H groups in total. The molecule has 18 heavy (non-hydrogen) atoms.